The third kappa shape index (κ3) is 3.81. The van der Waals surface area contributed by atoms with Gasteiger partial charge >= 0.3 is 12.4 Å². The van der Waals surface area contributed by atoms with Crippen molar-refractivity contribution >= 4 is 23.4 Å². The van der Waals surface area contributed by atoms with E-state index in [0.29, 0.717) is 0 Å². The van der Waals surface area contributed by atoms with Gasteiger partial charge in [-0.2, -0.15) is 31.6 Å². The first-order valence-corrected chi connectivity index (χ1v) is 8.07. The van der Waals surface area contributed by atoms with Gasteiger partial charge in [0.25, 0.3) is 5.56 Å². The van der Waals surface area contributed by atoms with Gasteiger partial charge in [0.15, 0.2) is 5.16 Å². The lowest BCUT2D eigenvalue weighted by Crippen LogP contribution is -2.18. The lowest BCUT2D eigenvalue weighted by Gasteiger charge is -2.18. The second kappa shape index (κ2) is 6.85. The van der Waals surface area contributed by atoms with Crippen molar-refractivity contribution in [3.8, 4) is 17.3 Å². The van der Waals surface area contributed by atoms with Crippen LogP contribution in [0.3, 0.4) is 0 Å². The fraction of sp³-hybridized carbons (Fsp3) is 0.214. The molecule has 2 aromatic rings. The number of aromatic amines is 1. The number of nitriles is 1. The molecule has 26 heavy (non-hydrogen) atoms. The fourth-order valence-electron chi connectivity index (χ4n) is 2.07. The Morgan fingerprint density at radius 2 is 1.81 bits per heavy atom. The molecular formula is C14H6ClF6N3OS. The number of H-pyrrole nitrogens is 1. The number of benzene rings is 1. The maximum Gasteiger partial charge on any atom is 0.417 e. The summed E-state index contributed by atoms with van der Waals surface area (Å²) in [5.74, 6) is 0. The van der Waals surface area contributed by atoms with Crippen LogP contribution in [0.1, 0.15) is 16.7 Å². The summed E-state index contributed by atoms with van der Waals surface area (Å²) in [5, 5.41) is 8.00. The minimum absolute atomic E-state index is 0.131. The molecule has 1 aromatic carbocycles. The molecule has 4 nitrogen and oxygen atoms in total. The molecule has 2 rings (SSSR count). The molecule has 1 heterocycles. The van der Waals surface area contributed by atoms with Crippen LogP contribution in [0.2, 0.25) is 5.02 Å². The van der Waals surface area contributed by atoms with E-state index in [4.69, 9.17) is 16.9 Å². The smallest absolute Gasteiger partial charge is 0.300 e. The van der Waals surface area contributed by atoms with E-state index in [1.54, 1.807) is 0 Å². The van der Waals surface area contributed by atoms with Crippen molar-refractivity contribution < 1.29 is 26.3 Å². The molecule has 0 amide bonds. The van der Waals surface area contributed by atoms with Gasteiger partial charge in [0, 0.05) is 5.56 Å². The minimum atomic E-state index is -5.24. The molecule has 138 valence electrons. The molecule has 0 radical (unpaired) electrons. The van der Waals surface area contributed by atoms with E-state index in [9.17, 15) is 31.1 Å². The van der Waals surface area contributed by atoms with Crippen LogP contribution in [-0.4, -0.2) is 16.2 Å². The van der Waals surface area contributed by atoms with E-state index < -0.39 is 50.9 Å². The zero-order valence-electron chi connectivity index (χ0n) is 12.5. The van der Waals surface area contributed by atoms with Crippen molar-refractivity contribution in [3.63, 3.8) is 0 Å². The van der Waals surface area contributed by atoms with Crippen molar-refractivity contribution in [2.24, 2.45) is 0 Å². The summed E-state index contributed by atoms with van der Waals surface area (Å²) in [7, 11) is 0. The maximum absolute atomic E-state index is 13.4. The van der Waals surface area contributed by atoms with E-state index in [1.165, 1.54) is 12.3 Å². The van der Waals surface area contributed by atoms with Gasteiger partial charge in [-0.05, 0) is 18.4 Å². The van der Waals surface area contributed by atoms with E-state index >= 15 is 0 Å². The van der Waals surface area contributed by atoms with E-state index in [1.807, 2.05) is 0 Å². The van der Waals surface area contributed by atoms with Crippen molar-refractivity contribution in [1.29, 1.82) is 5.26 Å². The molecule has 0 saturated heterocycles. The molecule has 0 aliphatic rings. The normalized spacial score (nSPS) is 12.1. The number of hydrogen-bond acceptors (Lipinski definition) is 4. The van der Waals surface area contributed by atoms with Gasteiger partial charge in [-0.25, -0.2) is 4.98 Å². The number of alkyl halides is 6. The Morgan fingerprint density at radius 1 is 1.19 bits per heavy atom. The van der Waals surface area contributed by atoms with Gasteiger partial charge in [0.2, 0.25) is 0 Å². The predicted octanol–water partition coefficient (Wildman–Crippen LogP) is 4.72. The maximum atomic E-state index is 13.4. The van der Waals surface area contributed by atoms with Gasteiger partial charge in [0.1, 0.15) is 11.6 Å². The molecule has 0 spiro atoms. The highest BCUT2D eigenvalue weighted by atomic mass is 35.5. The molecule has 0 atom stereocenters. The standard InChI is InChI=1S/C14H6ClF6N3OS/c1-26-12-23-10(6(4-22)11(25)24-12)9-7(14(19,20)21)2-5(3-8(9)15)13(16,17)18/h2-3H,1H3,(H,23,24,25). The molecule has 0 bridgehead atoms. The van der Waals surface area contributed by atoms with Gasteiger partial charge < -0.3 is 4.98 Å². The van der Waals surface area contributed by atoms with Gasteiger partial charge in [-0.1, -0.05) is 23.4 Å². The quantitative estimate of drug-likeness (QED) is 0.439. The zero-order chi connectivity index (χ0) is 19.9. The summed E-state index contributed by atoms with van der Waals surface area (Å²) in [6.45, 7) is 0. The summed E-state index contributed by atoms with van der Waals surface area (Å²) in [6.07, 6.45) is -8.86. The molecule has 0 saturated carbocycles. The largest absolute Gasteiger partial charge is 0.417 e. The van der Waals surface area contributed by atoms with E-state index in [2.05, 4.69) is 9.97 Å². The van der Waals surface area contributed by atoms with Crippen LogP contribution < -0.4 is 5.56 Å². The van der Waals surface area contributed by atoms with Crippen LogP contribution in [-0.2, 0) is 12.4 Å². The Labute approximate surface area is 150 Å². The topological polar surface area (TPSA) is 69.5 Å². The first-order valence-electron chi connectivity index (χ1n) is 6.46. The first-order chi connectivity index (χ1) is 11.9. The van der Waals surface area contributed by atoms with Gasteiger partial charge in [0.05, 0.1) is 21.8 Å². The van der Waals surface area contributed by atoms with E-state index in [-0.39, 0.29) is 17.3 Å². The van der Waals surface area contributed by atoms with Gasteiger partial charge in [-0.15, -0.1) is 0 Å². The fourth-order valence-corrected chi connectivity index (χ4v) is 2.75. The lowest BCUT2D eigenvalue weighted by atomic mass is 9.98. The average Bonchev–Trinajstić information content (AvgIpc) is 2.51. The number of halogens is 7. The molecule has 1 aromatic heterocycles. The highest BCUT2D eigenvalue weighted by Crippen LogP contribution is 2.44. The third-order valence-electron chi connectivity index (χ3n) is 3.16. The molecule has 12 heteroatoms. The molecule has 0 aliphatic carbocycles. The molecule has 0 fully saturated rings. The molecule has 0 aliphatic heterocycles. The average molecular weight is 414 g/mol. The SMILES string of the molecule is CSc1nc(-c2c(Cl)cc(C(F)(F)F)cc2C(F)(F)F)c(C#N)c(=O)[nH]1. The van der Waals surface area contributed by atoms with Crippen LogP contribution in [0.25, 0.3) is 11.3 Å². The molecule has 1 N–H and O–H groups in total. The Kier molecular flexibility index (Phi) is 5.30. The summed E-state index contributed by atoms with van der Waals surface area (Å²) in [6, 6.07) is 1.55. The zero-order valence-corrected chi connectivity index (χ0v) is 14.1. The summed E-state index contributed by atoms with van der Waals surface area (Å²) in [5.41, 5.74) is -6.91. The number of nitrogens with zero attached hydrogens (tertiary/aromatic N) is 2. The van der Waals surface area contributed by atoms with Crippen LogP contribution in [0.5, 0.6) is 0 Å². The summed E-state index contributed by atoms with van der Waals surface area (Å²) in [4.78, 5) is 17.8. The van der Waals surface area contributed by atoms with Crippen LogP contribution >= 0.6 is 23.4 Å². The van der Waals surface area contributed by atoms with Crippen molar-refractivity contribution in [1.82, 2.24) is 9.97 Å². The van der Waals surface area contributed by atoms with Crippen molar-refractivity contribution in [2.45, 2.75) is 17.5 Å². The number of hydrogen-bond donors (Lipinski definition) is 1. The highest BCUT2D eigenvalue weighted by molar-refractivity contribution is 7.98. The van der Waals surface area contributed by atoms with Crippen LogP contribution in [0.4, 0.5) is 26.3 Å². The second-order valence-electron chi connectivity index (χ2n) is 4.79. The van der Waals surface area contributed by atoms with Crippen LogP contribution in [0.15, 0.2) is 22.1 Å². The Morgan fingerprint density at radius 3 is 2.27 bits per heavy atom. The predicted molar refractivity (Wildman–Crippen MR) is 81.8 cm³/mol. The summed E-state index contributed by atoms with van der Waals surface area (Å²) >= 11 is 6.55. The number of rotatable bonds is 2. The Bertz CT molecular complexity index is 961. The second-order valence-corrected chi connectivity index (χ2v) is 5.99. The Hall–Kier alpha value is -2.19. The minimum Gasteiger partial charge on any atom is -0.300 e. The highest BCUT2D eigenvalue weighted by Gasteiger charge is 2.40. The summed E-state index contributed by atoms with van der Waals surface area (Å²) < 4.78 is 78.7. The lowest BCUT2D eigenvalue weighted by molar-refractivity contribution is -0.142. The van der Waals surface area contributed by atoms with Crippen LogP contribution in [0, 0.1) is 11.3 Å². The monoisotopic (exact) mass is 413 g/mol. The van der Waals surface area contributed by atoms with Crippen molar-refractivity contribution in [2.75, 3.05) is 6.26 Å². The third-order valence-corrected chi connectivity index (χ3v) is 4.04. The Balaban J connectivity index is 2.98. The number of aromatic nitrogens is 2. The molecular weight excluding hydrogens is 408 g/mol. The van der Waals surface area contributed by atoms with E-state index in [0.717, 1.165) is 11.8 Å². The number of thioether (sulfide) groups is 1. The van der Waals surface area contributed by atoms with Gasteiger partial charge in [-0.3, -0.25) is 4.79 Å². The molecule has 0 unspecified atom stereocenters. The van der Waals surface area contributed by atoms with Crippen molar-refractivity contribution in [3.05, 3.63) is 44.2 Å². The number of nitrogens with one attached hydrogen (secondary N) is 1. The first kappa shape index (κ1) is 20.1.